The van der Waals surface area contributed by atoms with Crippen molar-refractivity contribution in [2.45, 2.75) is 25.8 Å². The monoisotopic (exact) mass is 404 g/mol. The Balaban J connectivity index is 1.78. The summed E-state index contributed by atoms with van der Waals surface area (Å²) in [6.45, 7) is 3.01. The van der Waals surface area contributed by atoms with Crippen molar-refractivity contribution < 1.29 is 5.11 Å². The van der Waals surface area contributed by atoms with Crippen LogP contribution < -0.4 is 4.90 Å². The standard InChI is InChI=1S/C25H25ClN2O/c1-3-17-5-4-6-18(13-17)14-21-16-28(2)24-12-9-20(26)15-23(24)25(27-21)19-7-10-22(29)11-8-19/h4-13,15,21,29H,3,14,16H2,1-2H3. The van der Waals surface area contributed by atoms with Crippen LogP contribution in [0.3, 0.4) is 0 Å². The normalized spacial score (nSPS) is 16.2. The van der Waals surface area contributed by atoms with Crippen LogP contribution in [0.4, 0.5) is 5.69 Å². The molecule has 0 radical (unpaired) electrons. The average molecular weight is 405 g/mol. The number of hydrogen-bond donors (Lipinski definition) is 1. The number of phenolic OH excluding ortho intramolecular Hbond substituents is 1. The van der Waals surface area contributed by atoms with Crippen LogP contribution in [0, 0.1) is 0 Å². The number of aromatic hydroxyl groups is 1. The van der Waals surface area contributed by atoms with Gasteiger partial charge in [-0.2, -0.15) is 0 Å². The molecule has 29 heavy (non-hydrogen) atoms. The number of benzene rings is 3. The smallest absolute Gasteiger partial charge is 0.115 e. The van der Waals surface area contributed by atoms with Crippen molar-refractivity contribution in [1.82, 2.24) is 0 Å². The molecule has 0 bridgehead atoms. The molecule has 0 aromatic heterocycles. The summed E-state index contributed by atoms with van der Waals surface area (Å²) in [5.41, 5.74) is 6.70. The van der Waals surface area contributed by atoms with Crippen molar-refractivity contribution in [1.29, 1.82) is 0 Å². The summed E-state index contributed by atoms with van der Waals surface area (Å²) in [5, 5.41) is 10.4. The van der Waals surface area contributed by atoms with Crippen LogP contribution in [0.1, 0.15) is 29.2 Å². The average Bonchev–Trinajstić information content (AvgIpc) is 2.85. The van der Waals surface area contributed by atoms with Gasteiger partial charge in [-0.15, -0.1) is 0 Å². The van der Waals surface area contributed by atoms with Gasteiger partial charge >= 0.3 is 0 Å². The van der Waals surface area contributed by atoms with Crippen molar-refractivity contribution in [2.75, 3.05) is 18.5 Å². The number of nitrogens with zero attached hydrogens (tertiary/aromatic N) is 2. The van der Waals surface area contributed by atoms with E-state index in [4.69, 9.17) is 16.6 Å². The Labute approximate surface area is 177 Å². The van der Waals surface area contributed by atoms with Crippen LogP contribution in [0.5, 0.6) is 5.75 Å². The molecule has 1 heterocycles. The number of phenols is 1. The molecule has 0 saturated carbocycles. The van der Waals surface area contributed by atoms with E-state index in [1.165, 1.54) is 11.1 Å². The molecule has 3 nitrogen and oxygen atoms in total. The highest BCUT2D eigenvalue weighted by Gasteiger charge is 2.23. The van der Waals surface area contributed by atoms with Gasteiger partial charge in [0.15, 0.2) is 0 Å². The van der Waals surface area contributed by atoms with E-state index >= 15 is 0 Å². The molecule has 148 valence electrons. The lowest BCUT2D eigenvalue weighted by atomic mass is 10.00. The Morgan fingerprint density at radius 2 is 1.79 bits per heavy atom. The number of aryl methyl sites for hydroxylation is 1. The summed E-state index contributed by atoms with van der Waals surface area (Å²) in [6, 6.07) is 22.1. The minimum atomic E-state index is 0.113. The molecule has 1 aliphatic rings. The van der Waals surface area contributed by atoms with Crippen molar-refractivity contribution >= 4 is 23.0 Å². The SMILES string of the molecule is CCc1cccc(CC2CN(C)c3ccc(Cl)cc3C(c3ccc(O)cc3)=N2)c1. The predicted molar refractivity (Wildman–Crippen MR) is 122 cm³/mol. The second kappa shape index (κ2) is 8.30. The molecule has 1 N–H and O–H groups in total. The van der Waals surface area contributed by atoms with Crippen LogP contribution in [-0.2, 0) is 12.8 Å². The van der Waals surface area contributed by atoms with Crippen LogP contribution in [-0.4, -0.2) is 30.5 Å². The lowest BCUT2D eigenvalue weighted by molar-refractivity contribution is 0.475. The maximum atomic E-state index is 9.72. The van der Waals surface area contributed by atoms with E-state index in [9.17, 15) is 5.11 Å². The largest absolute Gasteiger partial charge is 0.508 e. The van der Waals surface area contributed by atoms with Crippen LogP contribution in [0.2, 0.25) is 5.02 Å². The fraction of sp³-hybridized carbons (Fsp3) is 0.240. The maximum Gasteiger partial charge on any atom is 0.115 e. The number of benzodiazepines with no additional fused rings is 1. The van der Waals surface area contributed by atoms with Gasteiger partial charge in [-0.25, -0.2) is 0 Å². The van der Waals surface area contributed by atoms with Gasteiger partial charge in [-0.1, -0.05) is 42.8 Å². The van der Waals surface area contributed by atoms with Crippen LogP contribution in [0.15, 0.2) is 71.7 Å². The van der Waals surface area contributed by atoms with Crippen LogP contribution >= 0.6 is 11.6 Å². The third-order valence-corrected chi connectivity index (χ3v) is 5.67. The summed E-state index contributed by atoms with van der Waals surface area (Å²) in [6.07, 6.45) is 1.91. The zero-order chi connectivity index (χ0) is 20.4. The highest BCUT2D eigenvalue weighted by atomic mass is 35.5. The number of anilines is 1. The molecule has 1 aliphatic heterocycles. The number of likely N-dealkylation sites (N-methyl/N-ethyl adjacent to an activating group) is 1. The lowest BCUT2D eigenvalue weighted by Crippen LogP contribution is -2.28. The Morgan fingerprint density at radius 3 is 2.55 bits per heavy atom. The summed E-state index contributed by atoms with van der Waals surface area (Å²) in [4.78, 5) is 7.45. The van der Waals surface area contributed by atoms with Crippen molar-refractivity contribution in [2.24, 2.45) is 4.99 Å². The van der Waals surface area contributed by atoms with Gasteiger partial charge in [-0.3, -0.25) is 4.99 Å². The van der Waals surface area contributed by atoms with E-state index < -0.39 is 0 Å². The molecule has 0 fully saturated rings. The highest BCUT2D eigenvalue weighted by molar-refractivity contribution is 6.31. The van der Waals surface area contributed by atoms with Crippen molar-refractivity contribution in [3.63, 3.8) is 0 Å². The van der Waals surface area contributed by atoms with Gasteiger partial charge < -0.3 is 10.0 Å². The Morgan fingerprint density at radius 1 is 1.03 bits per heavy atom. The summed E-state index contributed by atoms with van der Waals surface area (Å²) in [5.74, 6) is 0.249. The van der Waals surface area contributed by atoms with Gasteiger partial charge in [0.25, 0.3) is 0 Å². The van der Waals surface area contributed by atoms with Gasteiger partial charge in [0.2, 0.25) is 0 Å². The molecule has 3 aromatic rings. The highest BCUT2D eigenvalue weighted by Crippen LogP contribution is 2.30. The summed E-state index contributed by atoms with van der Waals surface area (Å²) >= 11 is 6.34. The second-order valence-corrected chi connectivity index (χ2v) is 8.03. The first-order valence-corrected chi connectivity index (χ1v) is 10.4. The molecule has 4 rings (SSSR count). The van der Waals surface area contributed by atoms with E-state index in [1.807, 2.05) is 24.3 Å². The molecule has 0 saturated heterocycles. The zero-order valence-corrected chi connectivity index (χ0v) is 17.5. The van der Waals surface area contributed by atoms with Crippen molar-refractivity contribution in [3.8, 4) is 5.75 Å². The number of rotatable bonds is 4. The minimum absolute atomic E-state index is 0.113. The number of aliphatic imine (C=N–C) groups is 1. The summed E-state index contributed by atoms with van der Waals surface area (Å²) < 4.78 is 0. The molecule has 1 atom stereocenters. The Kier molecular flexibility index (Phi) is 5.59. The quantitative estimate of drug-likeness (QED) is 0.622. The predicted octanol–water partition coefficient (Wildman–Crippen LogP) is 5.51. The molecule has 3 aromatic carbocycles. The number of halogens is 1. The first kappa shape index (κ1) is 19.5. The molecule has 0 aliphatic carbocycles. The third-order valence-electron chi connectivity index (χ3n) is 5.43. The van der Waals surface area contributed by atoms with Gasteiger partial charge in [0, 0.05) is 35.4 Å². The molecular formula is C25H25ClN2O. The van der Waals surface area contributed by atoms with Gasteiger partial charge in [0.1, 0.15) is 5.75 Å². The zero-order valence-electron chi connectivity index (χ0n) is 16.8. The van der Waals surface area contributed by atoms with E-state index in [0.29, 0.717) is 5.02 Å². The number of hydrogen-bond acceptors (Lipinski definition) is 3. The molecule has 4 heteroatoms. The third kappa shape index (κ3) is 4.30. The minimum Gasteiger partial charge on any atom is -0.508 e. The molecule has 1 unspecified atom stereocenters. The first-order valence-electron chi connectivity index (χ1n) is 9.99. The van der Waals surface area contributed by atoms with Gasteiger partial charge in [-0.05, 0) is 66.4 Å². The Bertz CT molecular complexity index is 1040. The fourth-order valence-electron chi connectivity index (χ4n) is 3.95. The Hall–Kier alpha value is -2.78. The topological polar surface area (TPSA) is 35.8 Å². The fourth-order valence-corrected chi connectivity index (χ4v) is 4.12. The lowest BCUT2D eigenvalue weighted by Gasteiger charge is -2.22. The maximum absolute atomic E-state index is 9.72. The van der Waals surface area contributed by atoms with E-state index in [-0.39, 0.29) is 11.8 Å². The van der Waals surface area contributed by atoms with E-state index in [1.54, 1.807) is 12.1 Å². The molecular weight excluding hydrogens is 380 g/mol. The summed E-state index contributed by atoms with van der Waals surface area (Å²) in [7, 11) is 2.11. The van der Waals surface area contributed by atoms with Crippen LogP contribution in [0.25, 0.3) is 0 Å². The molecule has 0 spiro atoms. The first-order chi connectivity index (χ1) is 14.0. The van der Waals surface area contributed by atoms with Crippen molar-refractivity contribution in [3.05, 3.63) is 94.0 Å². The van der Waals surface area contributed by atoms with E-state index in [0.717, 1.165) is 41.9 Å². The van der Waals surface area contributed by atoms with Gasteiger partial charge in [0.05, 0.1) is 11.8 Å². The van der Waals surface area contributed by atoms with E-state index in [2.05, 4.69) is 49.2 Å². The number of fused-ring (bicyclic) bond motifs is 1. The molecule has 0 amide bonds. The second-order valence-electron chi connectivity index (χ2n) is 7.60.